The van der Waals surface area contributed by atoms with Crippen molar-refractivity contribution in [3.05, 3.63) is 12.7 Å². The molecular formula is C12H21NO. The van der Waals surface area contributed by atoms with Crippen molar-refractivity contribution in [3.63, 3.8) is 0 Å². The number of rotatable bonds is 5. The van der Waals surface area contributed by atoms with Crippen molar-refractivity contribution in [1.82, 2.24) is 5.32 Å². The number of ether oxygens (including phenoxy) is 1. The summed E-state index contributed by atoms with van der Waals surface area (Å²) in [5.74, 6) is 0.728. The van der Waals surface area contributed by atoms with Gasteiger partial charge in [-0.2, -0.15) is 0 Å². The lowest BCUT2D eigenvalue weighted by molar-refractivity contribution is 0.0860. The molecule has 4 atom stereocenters. The monoisotopic (exact) mass is 195 g/mol. The Balaban J connectivity index is 1.93. The second kappa shape index (κ2) is 4.45. The van der Waals surface area contributed by atoms with Gasteiger partial charge in [-0.1, -0.05) is 13.0 Å². The third kappa shape index (κ3) is 1.86. The molecule has 2 saturated heterocycles. The normalized spacial score (nSPS) is 37.4. The Bertz CT molecular complexity index is 204. The molecule has 14 heavy (non-hydrogen) atoms. The molecule has 0 radical (unpaired) electrons. The second-order valence-corrected chi connectivity index (χ2v) is 4.46. The zero-order valence-electron chi connectivity index (χ0n) is 9.04. The first-order valence-corrected chi connectivity index (χ1v) is 5.85. The van der Waals surface area contributed by atoms with Crippen LogP contribution < -0.4 is 5.32 Å². The van der Waals surface area contributed by atoms with E-state index < -0.39 is 0 Å². The maximum atomic E-state index is 5.88. The molecular weight excluding hydrogens is 174 g/mol. The summed E-state index contributed by atoms with van der Waals surface area (Å²) >= 11 is 0. The quantitative estimate of drug-likeness (QED) is 0.678. The molecule has 2 heterocycles. The lowest BCUT2D eigenvalue weighted by Gasteiger charge is -2.28. The van der Waals surface area contributed by atoms with E-state index >= 15 is 0 Å². The van der Waals surface area contributed by atoms with Gasteiger partial charge in [0.1, 0.15) is 0 Å². The van der Waals surface area contributed by atoms with E-state index in [1.54, 1.807) is 0 Å². The van der Waals surface area contributed by atoms with E-state index in [1.807, 2.05) is 6.08 Å². The van der Waals surface area contributed by atoms with E-state index in [-0.39, 0.29) is 0 Å². The van der Waals surface area contributed by atoms with Crippen molar-refractivity contribution in [2.45, 2.75) is 50.9 Å². The summed E-state index contributed by atoms with van der Waals surface area (Å²) in [7, 11) is 0. The van der Waals surface area contributed by atoms with E-state index in [4.69, 9.17) is 4.74 Å². The van der Waals surface area contributed by atoms with E-state index in [9.17, 15) is 0 Å². The summed E-state index contributed by atoms with van der Waals surface area (Å²) in [5.41, 5.74) is 0. The fraction of sp³-hybridized carbons (Fsp3) is 0.833. The van der Waals surface area contributed by atoms with Gasteiger partial charge in [-0.3, -0.25) is 0 Å². The minimum absolute atomic E-state index is 0.531. The predicted molar refractivity (Wildman–Crippen MR) is 58.3 cm³/mol. The maximum absolute atomic E-state index is 5.88. The Morgan fingerprint density at radius 1 is 1.57 bits per heavy atom. The zero-order chi connectivity index (χ0) is 9.97. The summed E-state index contributed by atoms with van der Waals surface area (Å²) in [6.45, 7) is 7.05. The van der Waals surface area contributed by atoms with E-state index in [1.165, 1.54) is 19.3 Å². The topological polar surface area (TPSA) is 21.3 Å². The summed E-state index contributed by atoms with van der Waals surface area (Å²) in [4.78, 5) is 0. The van der Waals surface area contributed by atoms with Gasteiger partial charge in [0.25, 0.3) is 0 Å². The van der Waals surface area contributed by atoms with Crippen molar-refractivity contribution < 1.29 is 4.74 Å². The third-order valence-electron chi connectivity index (χ3n) is 3.56. The Hall–Kier alpha value is -0.340. The first kappa shape index (κ1) is 10.2. The van der Waals surface area contributed by atoms with Crippen molar-refractivity contribution in [2.75, 3.05) is 6.54 Å². The highest BCUT2D eigenvalue weighted by Crippen LogP contribution is 2.40. The molecule has 2 aliphatic rings. The molecule has 2 rings (SSSR count). The van der Waals surface area contributed by atoms with Gasteiger partial charge in [0.05, 0.1) is 12.2 Å². The lowest BCUT2D eigenvalue weighted by atomic mass is 9.82. The minimum atomic E-state index is 0.531. The van der Waals surface area contributed by atoms with Crippen molar-refractivity contribution in [1.29, 1.82) is 0 Å². The molecule has 0 amide bonds. The molecule has 2 fully saturated rings. The lowest BCUT2D eigenvalue weighted by Crippen LogP contribution is -2.40. The van der Waals surface area contributed by atoms with Gasteiger partial charge < -0.3 is 10.1 Å². The van der Waals surface area contributed by atoms with Gasteiger partial charge >= 0.3 is 0 Å². The molecule has 0 aromatic carbocycles. The number of hydrogen-bond acceptors (Lipinski definition) is 2. The van der Waals surface area contributed by atoms with Gasteiger partial charge in [0.2, 0.25) is 0 Å². The molecule has 0 saturated carbocycles. The van der Waals surface area contributed by atoms with Crippen LogP contribution in [0.25, 0.3) is 0 Å². The molecule has 2 heteroatoms. The van der Waals surface area contributed by atoms with E-state index in [0.717, 1.165) is 18.9 Å². The largest absolute Gasteiger partial charge is 0.375 e. The van der Waals surface area contributed by atoms with Crippen LogP contribution in [0.15, 0.2) is 12.7 Å². The van der Waals surface area contributed by atoms with Crippen molar-refractivity contribution in [3.8, 4) is 0 Å². The van der Waals surface area contributed by atoms with Gasteiger partial charge in [-0.25, -0.2) is 0 Å². The van der Waals surface area contributed by atoms with Crippen LogP contribution >= 0.6 is 0 Å². The molecule has 2 bridgehead atoms. The van der Waals surface area contributed by atoms with Crippen LogP contribution in [0.1, 0.15) is 32.6 Å². The first-order valence-electron chi connectivity index (χ1n) is 5.85. The molecule has 2 nitrogen and oxygen atoms in total. The number of nitrogens with one attached hydrogen (secondary N) is 1. The highest BCUT2D eigenvalue weighted by atomic mass is 16.5. The minimum Gasteiger partial charge on any atom is -0.375 e. The highest BCUT2D eigenvalue weighted by molar-refractivity contribution is 4.96. The Morgan fingerprint density at radius 3 is 2.93 bits per heavy atom. The molecule has 0 aromatic rings. The number of fused-ring (bicyclic) bond motifs is 2. The van der Waals surface area contributed by atoms with E-state index in [0.29, 0.717) is 18.2 Å². The molecule has 1 N–H and O–H groups in total. The van der Waals surface area contributed by atoms with Crippen LogP contribution in [0.4, 0.5) is 0 Å². The van der Waals surface area contributed by atoms with Crippen LogP contribution in [-0.4, -0.2) is 24.8 Å². The average molecular weight is 195 g/mol. The fourth-order valence-corrected chi connectivity index (χ4v) is 2.95. The van der Waals surface area contributed by atoms with Crippen LogP contribution in [0.3, 0.4) is 0 Å². The van der Waals surface area contributed by atoms with Gasteiger partial charge in [0, 0.05) is 12.0 Å². The molecule has 80 valence electrons. The molecule has 0 aliphatic carbocycles. The number of hydrogen-bond donors (Lipinski definition) is 1. The summed E-state index contributed by atoms with van der Waals surface area (Å²) < 4.78 is 5.88. The first-order chi connectivity index (χ1) is 6.85. The summed E-state index contributed by atoms with van der Waals surface area (Å²) in [6.07, 6.45) is 8.02. The van der Waals surface area contributed by atoms with Gasteiger partial charge in [-0.15, -0.1) is 6.58 Å². The maximum Gasteiger partial charge on any atom is 0.0623 e. The average Bonchev–Trinajstić information content (AvgIpc) is 2.78. The molecule has 2 aliphatic heterocycles. The molecule has 4 unspecified atom stereocenters. The van der Waals surface area contributed by atoms with Gasteiger partial charge in [0.15, 0.2) is 0 Å². The predicted octanol–water partition coefficient (Wildman–Crippen LogP) is 2.11. The SMILES string of the molecule is C=CCC(NCC)C1CC2CCC1O2. The van der Waals surface area contributed by atoms with Crippen molar-refractivity contribution >= 4 is 0 Å². The van der Waals surface area contributed by atoms with E-state index in [2.05, 4.69) is 18.8 Å². The Labute approximate surface area is 86.7 Å². The van der Waals surface area contributed by atoms with Gasteiger partial charge in [-0.05, 0) is 32.2 Å². The Kier molecular flexibility index (Phi) is 3.24. The van der Waals surface area contributed by atoms with Crippen molar-refractivity contribution in [2.24, 2.45) is 5.92 Å². The smallest absolute Gasteiger partial charge is 0.0623 e. The van der Waals surface area contributed by atoms with Crippen LogP contribution in [0.5, 0.6) is 0 Å². The summed E-state index contributed by atoms with van der Waals surface area (Å²) in [5, 5.41) is 3.56. The second-order valence-electron chi connectivity index (χ2n) is 4.46. The van der Waals surface area contributed by atoms with Crippen LogP contribution in [0.2, 0.25) is 0 Å². The standard InChI is InChI=1S/C12H21NO/c1-3-5-11(13-4-2)10-8-9-6-7-12(10)14-9/h3,9-13H,1,4-8H2,2H3. The molecule has 0 aromatic heterocycles. The summed E-state index contributed by atoms with van der Waals surface area (Å²) in [6, 6.07) is 0.591. The van der Waals surface area contributed by atoms with Crippen LogP contribution in [0, 0.1) is 5.92 Å². The molecule has 0 spiro atoms. The fourth-order valence-electron chi connectivity index (χ4n) is 2.95. The van der Waals surface area contributed by atoms with Crippen LogP contribution in [-0.2, 0) is 4.74 Å². The Morgan fingerprint density at radius 2 is 2.43 bits per heavy atom. The third-order valence-corrected chi connectivity index (χ3v) is 3.56. The zero-order valence-corrected chi connectivity index (χ0v) is 9.04. The highest BCUT2D eigenvalue weighted by Gasteiger charge is 2.43.